The van der Waals surface area contributed by atoms with Gasteiger partial charge in [0.1, 0.15) is 11.4 Å². The first-order chi connectivity index (χ1) is 12.8. The molecule has 0 aromatic carbocycles. The van der Waals surface area contributed by atoms with Crippen molar-refractivity contribution in [3.8, 4) is 11.5 Å². The number of nitrogens with one attached hydrogen (secondary N) is 1. The number of furan rings is 1. The molecule has 1 unspecified atom stereocenters. The van der Waals surface area contributed by atoms with Crippen molar-refractivity contribution in [1.82, 2.24) is 15.3 Å². The zero-order chi connectivity index (χ0) is 19.9. The average molecular weight is 403 g/mol. The number of ether oxygens (including phenoxy) is 1. The van der Waals surface area contributed by atoms with Crippen LogP contribution >= 0.6 is 11.8 Å². The molecule has 0 saturated carbocycles. The van der Waals surface area contributed by atoms with E-state index in [1.54, 1.807) is 13.2 Å². The Hall–Kier alpha value is -2.07. The Balaban J connectivity index is 1.96. The third-order valence-electron chi connectivity index (χ3n) is 3.37. The van der Waals surface area contributed by atoms with Gasteiger partial charge >= 0.3 is 6.18 Å². The molecule has 0 aliphatic rings. The summed E-state index contributed by atoms with van der Waals surface area (Å²) >= 11 is 1.06. The lowest BCUT2D eigenvalue weighted by molar-refractivity contribution is -0.141. The Labute approximate surface area is 158 Å². The number of carbonyl (C=O) groups is 1. The molecule has 6 nitrogen and oxygen atoms in total. The highest BCUT2D eigenvalue weighted by atomic mass is 32.2. The van der Waals surface area contributed by atoms with E-state index in [2.05, 4.69) is 15.3 Å². The number of nitrogens with zero attached hydrogens (tertiary/aromatic N) is 2. The molecule has 0 bridgehead atoms. The van der Waals surface area contributed by atoms with Crippen molar-refractivity contribution < 1.29 is 27.1 Å². The van der Waals surface area contributed by atoms with Crippen LogP contribution in [-0.4, -0.2) is 41.4 Å². The molecule has 0 aliphatic heterocycles. The van der Waals surface area contributed by atoms with Crippen molar-refractivity contribution in [3.05, 3.63) is 30.2 Å². The number of aromatic nitrogens is 2. The number of thioether (sulfide) groups is 1. The fraction of sp³-hybridized carbons (Fsp3) is 0.471. The Morgan fingerprint density at radius 2 is 2.19 bits per heavy atom. The summed E-state index contributed by atoms with van der Waals surface area (Å²) in [5, 5.41) is 2.76. The first-order valence-corrected chi connectivity index (χ1v) is 9.19. The van der Waals surface area contributed by atoms with E-state index in [1.807, 2.05) is 6.92 Å². The summed E-state index contributed by atoms with van der Waals surface area (Å²) < 4.78 is 49.3. The van der Waals surface area contributed by atoms with E-state index in [9.17, 15) is 18.0 Å². The van der Waals surface area contributed by atoms with E-state index >= 15 is 0 Å². The number of alkyl halides is 3. The third kappa shape index (κ3) is 6.87. The summed E-state index contributed by atoms with van der Waals surface area (Å²) in [5.74, 6) is 0.503. The molecule has 0 saturated heterocycles. The second-order valence-electron chi connectivity index (χ2n) is 5.77. The van der Waals surface area contributed by atoms with Crippen LogP contribution < -0.4 is 5.32 Å². The molecule has 148 valence electrons. The summed E-state index contributed by atoms with van der Waals surface area (Å²) in [4.78, 5) is 19.5. The minimum absolute atomic E-state index is 0.00983. The Bertz CT molecular complexity index is 739. The van der Waals surface area contributed by atoms with E-state index in [4.69, 9.17) is 9.15 Å². The predicted molar refractivity (Wildman–Crippen MR) is 94.2 cm³/mol. The molecule has 0 fully saturated rings. The maximum absolute atomic E-state index is 13.1. The van der Waals surface area contributed by atoms with Gasteiger partial charge in [-0.2, -0.15) is 13.2 Å². The minimum Gasteiger partial charge on any atom is -0.463 e. The lowest BCUT2D eigenvalue weighted by atomic mass is 10.2. The molecule has 1 atom stereocenters. The quantitative estimate of drug-likeness (QED) is 0.390. The van der Waals surface area contributed by atoms with E-state index in [-0.39, 0.29) is 35.0 Å². The van der Waals surface area contributed by atoms with Crippen molar-refractivity contribution in [3.63, 3.8) is 0 Å². The van der Waals surface area contributed by atoms with Crippen molar-refractivity contribution >= 4 is 17.7 Å². The average Bonchev–Trinajstić information content (AvgIpc) is 3.12. The second-order valence-corrected chi connectivity index (χ2v) is 6.83. The Morgan fingerprint density at radius 1 is 1.41 bits per heavy atom. The van der Waals surface area contributed by atoms with Gasteiger partial charge in [0, 0.05) is 25.3 Å². The molecule has 1 amide bonds. The SMILES string of the molecule is COCC(C)NC(=O)CCCSc1nc(-c2ccco2)cc(C(F)(F)F)n1. The lowest BCUT2D eigenvalue weighted by Crippen LogP contribution is -2.35. The van der Waals surface area contributed by atoms with Crippen LogP contribution in [-0.2, 0) is 15.7 Å². The van der Waals surface area contributed by atoms with Crippen molar-refractivity contribution in [2.24, 2.45) is 0 Å². The molecule has 0 radical (unpaired) electrons. The van der Waals surface area contributed by atoms with E-state index in [0.29, 0.717) is 18.8 Å². The van der Waals surface area contributed by atoms with Gasteiger partial charge in [-0.15, -0.1) is 0 Å². The molecule has 2 aromatic rings. The maximum Gasteiger partial charge on any atom is 0.433 e. The van der Waals surface area contributed by atoms with E-state index in [0.717, 1.165) is 17.8 Å². The maximum atomic E-state index is 13.1. The molecule has 1 N–H and O–H groups in total. The van der Waals surface area contributed by atoms with Crippen molar-refractivity contribution in [2.75, 3.05) is 19.5 Å². The summed E-state index contributed by atoms with van der Waals surface area (Å²) in [6.45, 7) is 2.23. The molecule has 2 aromatic heterocycles. The van der Waals surface area contributed by atoms with Gasteiger partial charge in [0.2, 0.25) is 5.91 Å². The third-order valence-corrected chi connectivity index (χ3v) is 4.31. The summed E-state index contributed by atoms with van der Waals surface area (Å²) in [6.07, 6.45) is -2.49. The first kappa shape index (κ1) is 21.2. The van der Waals surface area contributed by atoms with Gasteiger partial charge in [-0.05, 0) is 31.5 Å². The van der Waals surface area contributed by atoms with Crippen LogP contribution in [0.15, 0.2) is 34.0 Å². The lowest BCUT2D eigenvalue weighted by Gasteiger charge is -2.12. The fourth-order valence-electron chi connectivity index (χ4n) is 2.22. The number of halogens is 3. The highest BCUT2D eigenvalue weighted by molar-refractivity contribution is 7.99. The second kappa shape index (κ2) is 9.75. The molecule has 27 heavy (non-hydrogen) atoms. The van der Waals surface area contributed by atoms with Crippen molar-refractivity contribution in [1.29, 1.82) is 0 Å². The molecule has 0 aliphatic carbocycles. The number of hydrogen-bond donors (Lipinski definition) is 1. The van der Waals surface area contributed by atoms with E-state index in [1.165, 1.54) is 12.3 Å². The van der Waals surface area contributed by atoms with Crippen molar-refractivity contribution in [2.45, 2.75) is 37.1 Å². The smallest absolute Gasteiger partial charge is 0.433 e. The topological polar surface area (TPSA) is 77.2 Å². The van der Waals surface area contributed by atoms with E-state index < -0.39 is 11.9 Å². The summed E-state index contributed by atoms with van der Waals surface area (Å²) in [5.41, 5.74) is -0.964. The summed E-state index contributed by atoms with van der Waals surface area (Å²) in [7, 11) is 1.55. The number of amides is 1. The van der Waals surface area contributed by atoms with Crippen LogP contribution in [0.5, 0.6) is 0 Å². The summed E-state index contributed by atoms with van der Waals surface area (Å²) in [6, 6.07) is 3.86. The largest absolute Gasteiger partial charge is 0.463 e. The van der Waals surface area contributed by atoms with Crippen LogP contribution in [0.2, 0.25) is 0 Å². The normalized spacial score (nSPS) is 12.8. The Morgan fingerprint density at radius 3 is 2.81 bits per heavy atom. The van der Waals surface area contributed by atoms with Crippen LogP contribution in [0.3, 0.4) is 0 Å². The number of rotatable bonds is 9. The highest BCUT2D eigenvalue weighted by Gasteiger charge is 2.34. The minimum atomic E-state index is -4.59. The zero-order valence-electron chi connectivity index (χ0n) is 14.9. The van der Waals surface area contributed by atoms with Gasteiger partial charge in [-0.1, -0.05) is 11.8 Å². The zero-order valence-corrected chi connectivity index (χ0v) is 15.7. The van der Waals surface area contributed by atoms with Gasteiger partial charge in [-0.3, -0.25) is 4.79 Å². The van der Waals surface area contributed by atoms with Crippen LogP contribution in [0.25, 0.3) is 11.5 Å². The van der Waals surface area contributed by atoms with Crippen LogP contribution in [0.4, 0.5) is 13.2 Å². The molecule has 2 heterocycles. The molecular formula is C17H20F3N3O3S. The van der Waals surface area contributed by atoms with Gasteiger partial charge < -0.3 is 14.5 Å². The molecular weight excluding hydrogens is 383 g/mol. The van der Waals surface area contributed by atoms with Gasteiger partial charge in [0.05, 0.1) is 12.9 Å². The monoisotopic (exact) mass is 403 g/mol. The number of hydrogen-bond acceptors (Lipinski definition) is 6. The highest BCUT2D eigenvalue weighted by Crippen LogP contribution is 2.32. The predicted octanol–water partition coefficient (Wildman–Crippen LogP) is 3.78. The molecule has 10 heteroatoms. The molecule has 0 spiro atoms. The molecule has 2 rings (SSSR count). The van der Waals surface area contributed by atoms with Gasteiger partial charge in [0.15, 0.2) is 10.9 Å². The van der Waals surface area contributed by atoms with Gasteiger partial charge in [-0.25, -0.2) is 9.97 Å². The van der Waals surface area contributed by atoms with Crippen LogP contribution in [0, 0.1) is 0 Å². The first-order valence-electron chi connectivity index (χ1n) is 8.21. The number of methoxy groups -OCH3 is 1. The Kier molecular flexibility index (Phi) is 7.66. The number of carbonyl (C=O) groups excluding carboxylic acids is 1. The fourth-order valence-corrected chi connectivity index (χ4v) is 3.02. The van der Waals surface area contributed by atoms with Gasteiger partial charge in [0.25, 0.3) is 0 Å². The standard InChI is InChI=1S/C17H20F3N3O3S/c1-11(10-25-2)21-15(24)6-4-8-27-16-22-12(13-5-3-7-26-13)9-14(23-16)17(18,19)20/h3,5,7,9,11H,4,6,8,10H2,1-2H3,(H,21,24). The van der Waals surface area contributed by atoms with Crippen LogP contribution in [0.1, 0.15) is 25.5 Å².